The molecular formula is C21H34N2O2. The van der Waals surface area contributed by atoms with Gasteiger partial charge in [0.25, 0.3) is 0 Å². The van der Waals surface area contributed by atoms with Gasteiger partial charge < -0.3 is 20.1 Å². The van der Waals surface area contributed by atoms with E-state index in [2.05, 4.69) is 34.9 Å². The molecule has 2 aromatic carbocycles. The van der Waals surface area contributed by atoms with E-state index in [1.165, 1.54) is 11.1 Å². The van der Waals surface area contributed by atoms with Crippen LogP contribution in [0.5, 0.6) is 11.5 Å². The number of nitrogens with one attached hydrogen (secondary N) is 2. The van der Waals surface area contributed by atoms with Gasteiger partial charge in [0.05, 0.1) is 14.2 Å². The van der Waals surface area contributed by atoms with E-state index < -0.39 is 0 Å². The summed E-state index contributed by atoms with van der Waals surface area (Å²) >= 11 is 0. The summed E-state index contributed by atoms with van der Waals surface area (Å²) < 4.78 is 10.1. The van der Waals surface area contributed by atoms with Crippen LogP contribution in [0.3, 0.4) is 0 Å². The zero-order valence-corrected chi connectivity index (χ0v) is 16.6. The van der Waals surface area contributed by atoms with Crippen molar-refractivity contribution < 1.29 is 9.47 Å². The zero-order chi connectivity index (χ0) is 18.9. The van der Waals surface area contributed by atoms with Gasteiger partial charge in [-0.1, -0.05) is 38.1 Å². The lowest BCUT2D eigenvalue weighted by molar-refractivity contribution is 0.414. The Morgan fingerprint density at radius 1 is 0.680 bits per heavy atom. The molecule has 0 aromatic heterocycles. The lowest BCUT2D eigenvalue weighted by Gasteiger charge is -2.02. The average Bonchev–Trinajstić information content (AvgIpc) is 2.69. The summed E-state index contributed by atoms with van der Waals surface area (Å²) in [4.78, 5) is 0. The van der Waals surface area contributed by atoms with Crippen LogP contribution in [0, 0.1) is 0 Å². The summed E-state index contributed by atoms with van der Waals surface area (Å²) in [5.41, 5.74) is 2.61. The first-order chi connectivity index (χ1) is 12.2. The van der Waals surface area contributed by atoms with Crippen molar-refractivity contribution in [3.8, 4) is 11.5 Å². The molecule has 25 heavy (non-hydrogen) atoms. The minimum absolute atomic E-state index is 0.907. The van der Waals surface area contributed by atoms with Gasteiger partial charge in [0.2, 0.25) is 0 Å². The molecule has 0 heterocycles. The Hall–Kier alpha value is -2.04. The highest BCUT2D eigenvalue weighted by Gasteiger charge is 1.92. The van der Waals surface area contributed by atoms with Gasteiger partial charge >= 0.3 is 0 Å². The maximum absolute atomic E-state index is 5.06. The second-order valence-electron chi connectivity index (χ2n) is 5.08. The van der Waals surface area contributed by atoms with Crippen LogP contribution in [0.4, 0.5) is 0 Å². The van der Waals surface area contributed by atoms with Crippen LogP contribution in [0.1, 0.15) is 25.0 Å². The zero-order valence-electron chi connectivity index (χ0n) is 16.6. The summed E-state index contributed by atoms with van der Waals surface area (Å²) in [6, 6.07) is 16.2. The van der Waals surface area contributed by atoms with Crippen LogP contribution in [-0.2, 0) is 13.0 Å². The lowest BCUT2D eigenvalue weighted by atomic mass is 10.1. The predicted octanol–water partition coefficient (Wildman–Crippen LogP) is 3.90. The number of hydrogen-bond acceptors (Lipinski definition) is 4. The fourth-order valence-electron chi connectivity index (χ4n) is 2.01. The van der Waals surface area contributed by atoms with Gasteiger partial charge in [-0.05, 0) is 62.5 Å². The van der Waals surface area contributed by atoms with Gasteiger partial charge in [0, 0.05) is 6.54 Å². The molecule has 0 aliphatic carbocycles. The number of rotatable bonds is 7. The molecule has 0 amide bonds. The number of methoxy groups -OCH3 is 2. The molecule has 0 fully saturated rings. The van der Waals surface area contributed by atoms with Crippen LogP contribution >= 0.6 is 0 Å². The first-order valence-electron chi connectivity index (χ1n) is 8.78. The van der Waals surface area contributed by atoms with Crippen molar-refractivity contribution >= 4 is 0 Å². The Morgan fingerprint density at radius 2 is 1.12 bits per heavy atom. The average molecular weight is 347 g/mol. The molecule has 0 spiro atoms. The van der Waals surface area contributed by atoms with Crippen molar-refractivity contribution in [1.29, 1.82) is 0 Å². The topological polar surface area (TPSA) is 42.5 Å². The quantitative estimate of drug-likeness (QED) is 0.798. The minimum Gasteiger partial charge on any atom is -0.497 e. The van der Waals surface area contributed by atoms with Gasteiger partial charge in [0.1, 0.15) is 11.5 Å². The second kappa shape index (κ2) is 15.5. The van der Waals surface area contributed by atoms with Gasteiger partial charge in [-0.25, -0.2) is 0 Å². The Bertz CT molecular complexity index is 525. The SMILES string of the molecule is CC.CNCCc1ccc(OC)cc1.CNCc1ccc(OC)cc1. The molecule has 0 aliphatic rings. The van der Waals surface area contributed by atoms with Gasteiger partial charge in [-0.3, -0.25) is 0 Å². The van der Waals surface area contributed by atoms with Crippen LogP contribution in [0.2, 0.25) is 0 Å². The molecule has 0 unspecified atom stereocenters. The first-order valence-corrected chi connectivity index (χ1v) is 8.78. The standard InChI is InChI=1S/C10H15NO.C9H13NO.C2H6/c1-11-8-7-9-3-5-10(12-2)6-4-9;1-10-7-8-3-5-9(11-2)6-4-8;1-2/h3-6,11H,7-8H2,1-2H3;3-6,10H,7H2,1-2H3;1-2H3. The maximum atomic E-state index is 5.06. The van der Waals surface area contributed by atoms with Gasteiger partial charge in [-0.2, -0.15) is 0 Å². The van der Waals surface area contributed by atoms with E-state index in [0.717, 1.165) is 31.0 Å². The molecule has 2 rings (SSSR count). The predicted molar refractivity (Wildman–Crippen MR) is 108 cm³/mol. The number of benzene rings is 2. The summed E-state index contributed by atoms with van der Waals surface area (Å²) in [6.45, 7) is 5.93. The monoisotopic (exact) mass is 346 g/mol. The van der Waals surface area contributed by atoms with E-state index in [-0.39, 0.29) is 0 Å². The molecule has 4 heteroatoms. The third-order valence-electron chi connectivity index (χ3n) is 3.36. The van der Waals surface area contributed by atoms with Crippen molar-refractivity contribution in [3.63, 3.8) is 0 Å². The Kier molecular flexibility index (Phi) is 14.2. The third-order valence-corrected chi connectivity index (χ3v) is 3.36. The van der Waals surface area contributed by atoms with E-state index in [1.54, 1.807) is 14.2 Å². The van der Waals surface area contributed by atoms with Crippen molar-refractivity contribution in [2.45, 2.75) is 26.8 Å². The number of hydrogen-bond donors (Lipinski definition) is 2. The molecule has 0 aliphatic heterocycles. The molecule has 0 radical (unpaired) electrons. The van der Waals surface area contributed by atoms with E-state index in [1.807, 2.05) is 52.2 Å². The third kappa shape index (κ3) is 10.4. The minimum atomic E-state index is 0.907. The van der Waals surface area contributed by atoms with E-state index in [9.17, 15) is 0 Å². The molecule has 0 saturated carbocycles. The highest BCUT2D eigenvalue weighted by molar-refractivity contribution is 5.27. The van der Waals surface area contributed by atoms with Crippen molar-refractivity contribution in [3.05, 3.63) is 59.7 Å². The molecule has 140 valence electrons. The smallest absolute Gasteiger partial charge is 0.118 e. The maximum Gasteiger partial charge on any atom is 0.118 e. The van der Waals surface area contributed by atoms with Crippen LogP contribution < -0.4 is 20.1 Å². The fraction of sp³-hybridized carbons (Fsp3) is 0.429. The molecule has 4 nitrogen and oxygen atoms in total. The fourth-order valence-corrected chi connectivity index (χ4v) is 2.01. The molecule has 2 N–H and O–H groups in total. The Balaban J connectivity index is 0.000000421. The summed E-state index contributed by atoms with van der Waals surface area (Å²) in [5, 5.41) is 6.19. The van der Waals surface area contributed by atoms with E-state index in [0.29, 0.717) is 0 Å². The first kappa shape index (κ1) is 23.0. The van der Waals surface area contributed by atoms with Crippen LogP contribution in [0.15, 0.2) is 48.5 Å². The Labute approximate surface area is 153 Å². The molecule has 0 atom stereocenters. The van der Waals surface area contributed by atoms with Crippen LogP contribution in [-0.4, -0.2) is 34.9 Å². The van der Waals surface area contributed by atoms with Crippen molar-refractivity contribution in [2.75, 3.05) is 34.9 Å². The van der Waals surface area contributed by atoms with Crippen molar-refractivity contribution in [1.82, 2.24) is 10.6 Å². The summed E-state index contributed by atoms with van der Waals surface area (Å²) in [5.74, 6) is 1.83. The van der Waals surface area contributed by atoms with E-state index >= 15 is 0 Å². The largest absolute Gasteiger partial charge is 0.497 e. The molecule has 2 aromatic rings. The molecule has 0 bridgehead atoms. The highest BCUT2D eigenvalue weighted by atomic mass is 16.5. The highest BCUT2D eigenvalue weighted by Crippen LogP contribution is 2.11. The normalized spacial score (nSPS) is 9.20. The summed E-state index contributed by atoms with van der Waals surface area (Å²) in [6.07, 6.45) is 1.07. The lowest BCUT2D eigenvalue weighted by Crippen LogP contribution is -2.10. The van der Waals surface area contributed by atoms with Crippen molar-refractivity contribution in [2.24, 2.45) is 0 Å². The van der Waals surface area contributed by atoms with Gasteiger partial charge in [0.15, 0.2) is 0 Å². The number of likely N-dealkylation sites (N-methyl/N-ethyl adjacent to an activating group) is 1. The Morgan fingerprint density at radius 3 is 1.48 bits per heavy atom. The summed E-state index contributed by atoms with van der Waals surface area (Å²) in [7, 11) is 7.25. The number of ether oxygens (including phenoxy) is 2. The van der Waals surface area contributed by atoms with Crippen LogP contribution in [0.25, 0.3) is 0 Å². The molecule has 0 saturated heterocycles. The van der Waals surface area contributed by atoms with E-state index in [4.69, 9.17) is 9.47 Å². The van der Waals surface area contributed by atoms with Gasteiger partial charge in [-0.15, -0.1) is 0 Å². The second-order valence-corrected chi connectivity index (χ2v) is 5.08. The molecular weight excluding hydrogens is 312 g/mol.